The maximum atomic E-state index is 13.5. The summed E-state index contributed by atoms with van der Waals surface area (Å²) in [7, 11) is 8.50. The van der Waals surface area contributed by atoms with E-state index in [0.717, 1.165) is 16.5 Å². The third-order valence-electron chi connectivity index (χ3n) is 5.98. The molecule has 0 bridgehead atoms. The Morgan fingerprint density at radius 1 is 1.03 bits per heavy atom. The first-order valence-electron chi connectivity index (χ1n) is 11.6. The van der Waals surface area contributed by atoms with Crippen molar-refractivity contribution in [2.24, 2.45) is 0 Å². The molecule has 2 aromatic heterocycles. The van der Waals surface area contributed by atoms with Gasteiger partial charge in [-0.2, -0.15) is 0 Å². The van der Waals surface area contributed by atoms with E-state index in [0.29, 0.717) is 53.0 Å². The number of carbonyl (C=O) groups excluding carboxylic acids is 1. The monoisotopic (exact) mass is 524 g/mol. The van der Waals surface area contributed by atoms with Gasteiger partial charge in [-0.25, -0.2) is 9.37 Å². The van der Waals surface area contributed by atoms with E-state index < -0.39 is 0 Å². The number of halogens is 1. The number of nitrogens with zero attached hydrogens (tertiary/aromatic N) is 4. The van der Waals surface area contributed by atoms with E-state index in [9.17, 15) is 9.18 Å². The molecule has 0 aliphatic carbocycles. The van der Waals surface area contributed by atoms with Crippen molar-refractivity contribution in [1.29, 1.82) is 0 Å². The molecule has 2 aromatic carbocycles. The molecule has 8 nitrogen and oxygen atoms in total. The van der Waals surface area contributed by atoms with E-state index in [4.69, 9.17) is 19.2 Å². The molecule has 0 fully saturated rings. The van der Waals surface area contributed by atoms with Crippen LogP contribution in [0.3, 0.4) is 0 Å². The topological polar surface area (TPSA) is 77.0 Å². The molecule has 0 saturated heterocycles. The molecule has 194 valence electrons. The van der Waals surface area contributed by atoms with Crippen LogP contribution in [0.5, 0.6) is 17.2 Å². The zero-order valence-electron chi connectivity index (χ0n) is 21.4. The van der Waals surface area contributed by atoms with Gasteiger partial charge in [-0.15, -0.1) is 11.3 Å². The zero-order valence-corrected chi connectivity index (χ0v) is 22.3. The van der Waals surface area contributed by atoms with Crippen LogP contribution in [0.4, 0.5) is 10.2 Å². The number of amides is 1. The van der Waals surface area contributed by atoms with E-state index in [1.807, 2.05) is 31.1 Å². The van der Waals surface area contributed by atoms with Gasteiger partial charge in [0.05, 0.1) is 38.6 Å². The summed E-state index contributed by atoms with van der Waals surface area (Å²) < 4.78 is 30.1. The highest BCUT2D eigenvalue weighted by atomic mass is 32.1. The summed E-state index contributed by atoms with van der Waals surface area (Å²) in [6, 6.07) is 10.1. The van der Waals surface area contributed by atoms with Gasteiger partial charge in [0.1, 0.15) is 16.5 Å². The average Bonchev–Trinajstić information content (AvgIpc) is 3.45. The highest BCUT2D eigenvalue weighted by Gasteiger charge is 2.23. The molecule has 0 aliphatic rings. The Morgan fingerprint density at radius 2 is 1.76 bits per heavy atom. The van der Waals surface area contributed by atoms with Crippen molar-refractivity contribution < 1.29 is 23.4 Å². The van der Waals surface area contributed by atoms with Crippen molar-refractivity contribution in [2.75, 3.05) is 46.9 Å². The van der Waals surface area contributed by atoms with Gasteiger partial charge in [0.15, 0.2) is 11.5 Å². The number of aromatic nitrogens is 2. The molecule has 2 heterocycles. The number of methoxy groups -OCH3 is 3. The second-order valence-electron chi connectivity index (χ2n) is 8.55. The second kappa shape index (κ2) is 11.4. The molecule has 0 spiro atoms. The van der Waals surface area contributed by atoms with Crippen molar-refractivity contribution in [1.82, 2.24) is 14.9 Å². The molecular weight excluding hydrogens is 495 g/mol. The van der Waals surface area contributed by atoms with Crippen LogP contribution in [-0.4, -0.2) is 62.7 Å². The lowest BCUT2D eigenvalue weighted by Gasteiger charge is -2.26. The molecule has 0 aliphatic heterocycles. The lowest BCUT2D eigenvalue weighted by atomic mass is 10.1. The minimum Gasteiger partial charge on any atom is -0.493 e. The minimum absolute atomic E-state index is 0.131. The van der Waals surface area contributed by atoms with Crippen LogP contribution in [-0.2, 0) is 13.0 Å². The predicted molar refractivity (Wildman–Crippen MR) is 143 cm³/mol. The number of benzene rings is 2. The zero-order chi connectivity index (χ0) is 26.5. The quantitative estimate of drug-likeness (QED) is 0.295. The van der Waals surface area contributed by atoms with Crippen molar-refractivity contribution in [3.8, 4) is 17.2 Å². The van der Waals surface area contributed by atoms with Crippen LogP contribution < -0.4 is 19.1 Å². The average molecular weight is 525 g/mol. The highest BCUT2D eigenvalue weighted by Crippen LogP contribution is 2.44. The molecule has 4 aromatic rings. The third-order valence-corrected chi connectivity index (χ3v) is 6.74. The van der Waals surface area contributed by atoms with Gasteiger partial charge in [-0.3, -0.25) is 9.78 Å². The van der Waals surface area contributed by atoms with Gasteiger partial charge in [-0.1, -0.05) is 12.1 Å². The fourth-order valence-corrected chi connectivity index (χ4v) is 4.76. The number of ether oxygens (including phenoxy) is 3. The number of anilines is 1. The van der Waals surface area contributed by atoms with Crippen molar-refractivity contribution in [3.63, 3.8) is 0 Å². The van der Waals surface area contributed by atoms with E-state index in [2.05, 4.69) is 4.98 Å². The number of pyridine rings is 1. The molecule has 1 amide bonds. The van der Waals surface area contributed by atoms with Crippen LogP contribution in [0, 0.1) is 5.82 Å². The number of fused-ring (bicyclic) bond motifs is 1. The van der Waals surface area contributed by atoms with Crippen molar-refractivity contribution >= 4 is 34.0 Å². The van der Waals surface area contributed by atoms with E-state index in [1.54, 1.807) is 50.1 Å². The first kappa shape index (κ1) is 26.2. The largest absolute Gasteiger partial charge is 0.493 e. The summed E-state index contributed by atoms with van der Waals surface area (Å²) in [5, 5.41) is 0.740. The molecule has 0 saturated carbocycles. The number of rotatable bonds is 10. The van der Waals surface area contributed by atoms with E-state index in [-0.39, 0.29) is 11.7 Å². The summed E-state index contributed by atoms with van der Waals surface area (Å²) in [5.41, 5.74) is 4.08. The second-order valence-corrected chi connectivity index (χ2v) is 9.43. The summed E-state index contributed by atoms with van der Waals surface area (Å²) in [5.74, 6) is 1.77. The molecule has 4 rings (SSSR count). The number of carbonyl (C=O) groups is 1. The smallest absolute Gasteiger partial charge is 0.265 e. The fourth-order valence-electron chi connectivity index (χ4n) is 4.18. The fraction of sp³-hybridized carbons (Fsp3) is 0.296. The van der Waals surface area contributed by atoms with Crippen molar-refractivity contribution in [3.05, 3.63) is 69.9 Å². The predicted octanol–water partition coefficient (Wildman–Crippen LogP) is 4.81. The van der Waals surface area contributed by atoms with Gasteiger partial charge < -0.3 is 24.0 Å². The Hall–Kier alpha value is -3.92. The molecule has 0 radical (unpaired) electrons. The molecule has 0 unspecified atom stereocenters. The summed E-state index contributed by atoms with van der Waals surface area (Å²) >= 11 is 1.29. The Kier molecular flexibility index (Phi) is 8.08. The van der Waals surface area contributed by atoms with Gasteiger partial charge in [0.2, 0.25) is 5.75 Å². The normalized spacial score (nSPS) is 10.9. The maximum absolute atomic E-state index is 13.5. The number of hydrogen-bond donors (Lipinski definition) is 0. The Bertz CT molecular complexity index is 1380. The van der Waals surface area contributed by atoms with Crippen molar-refractivity contribution in [2.45, 2.75) is 13.0 Å². The molecule has 0 atom stereocenters. The van der Waals surface area contributed by atoms with Gasteiger partial charge >= 0.3 is 0 Å². The van der Waals surface area contributed by atoms with Crippen LogP contribution in [0.1, 0.15) is 20.8 Å². The molecule has 10 heteroatoms. The Morgan fingerprint density at radius 3 is 2.35 bits per heavy atom. The van der Waals surface area contributed by atoms with Gasteiger partial charge in [0, 0.05) is 44.2 Å². The molecule has 37 heavy (non-hydrogen) atoms. The summed E-state index contributed by atoms with van der Waals surface area (Å²) in [6.45, 7) is 0.724. The summed E-state index contributed by atoms with van der Waals surface area (Å²) in [4.78, 5) is 26.7. The van der Waals surface area contributed by atoms with Gasteiger partial charge in [-0.05, 0) is 30.2 Å². The lowest BCUT2D eigenvalue weighted by Crippen LogP contribution is -2.33. The van der Waals surface area contributed by atoms with E-state index in [1.165, 1.54) is 23.5 Å². The Balaban J connectivity index is 1.77. The lowest BCUT2D eigenvalue weighted by molar-refractivity contribution is 0.0750. The molecular formula is C27H29FN4O4S. The van der Waals surface area contributed by atoms with Crippen LogP contribution >= 0.6 is 11.3 Å². The van der Waals surface area contributed by atoms with Gasteiger partial charge in [0.25, 0.3) is 5.91 Å². The number of hydrogen-bond acceptors (Lipinski definition) is 8. The van der Waals surface area contributed by atoms with Crippen LogP contribution in [0.2, 0.25) is 0 Å². The first-order valence-corrected chi connectivity index (χ1v) is 12.5. The Labute approximate surface area is 219 Å². The van der Waals surface area contributed by atoms with Crippen LogP contribution in [0.25, 0.3) is 10.9 Å². The molecule has 0 N–H and O–H groups in total. The minimum atomic E-state index is -0.291. The highest BCUT2D eigenvalue weighted by molar-refractivity contribution is 7.11. The van der Waals surface area contributed by atoms with Crippen LogP contribution in [0.15, 0.2) is 48.1 Å². The SMILES string of the molecule is COc1cc2nc(N(C)C)c(CN(CCc3ccc(F)cc3)C(=O)c3cncs3)cc2c(OC)c1OC. The number of thiazole rings is 1. The summed E-state index contributed by atoms with van der Waals surface area (Å²) in [6.07, 6.45) is 2.14. The maximum Gasteiger partial charge on any atom is 0.265 e. The standard InChI is InChI=1S/C27H29FN4O4S/c1-31(2)26-18(12-20-21(30-26)13-22(34-3)25(36-5)24(20)35-4)15-32(27(33)23-14-29-16-37-23)11-10-17-6-8-19(28)9-7-17/h6-9,12-14,16H,10-11,15H2,1-5H3. The third kappa shape index (κ3) is 5.59. The van der Waals surface area contributed by atoms with E-state index >= 15 is 0 Å². The first-order chi connectivity index (χ1) is 17.9.